The summed E-state index contributed by atoms with van der Waals surface area (Å²) >= 11 is 7.53. The molecule has 0 aliphatic carbocycles. The summed E-state index contributed by atoms with van der Waals surface area (Å²) in [6.07, 6.45) is 1.18. The molecule has 5 rings (SSSR count). The topological polar surface area (TPSA) is 104 Å². The van der Waals surface area contributed by atoms with Gasteiger partial charge in [-0.2, -0.15) is 0 Å². The molecule has 4 atom stereocenters. The number of β-lactam (4-membered cyclic amide) rings is 1. The van der Waals surface area contributed by atoms with Gasteiger partial charge in [0.05, 0.1) is 10.9 Å². The zero-order valence-electron chi connectivity index (χ0n) is 18.4. The number of halogens is 1. The SMILES string of the molecule is CN(C(=O)[C@@H]1[C@@H](Cc2ccnc(N)c2)C(=O)N1C1OC1NCc1cccc(Cl)c1)c1cccs1. The standard InChI is InChI=1S/C24H24ClN5O3S/c1-29(19-6-3-9-34-19)23(32)20-17(11-14-7-8-27-18(26)12-14)22(31)30(20)24-21(33-24)28-13-15-4-2-5-16(25)10-15/h2-10,12,17,20-21,24,28H,11,13H2,1H3,(H2,26,27)/t17-,20+,21?,24?/m1/s1. The highest BCUT2D eigenvalue weighted by atomic mass is 35.5. The van der Waals surface area contributed by atoms with Crippen molar-refractivity contribution in [3.8, 4) is 0 Å². The zero-order valence-corrected chi connectivity index (χ0v) is 20.0. The Morgan fingerprint density at radius 2 is 2.12 bits per heavy atom. The molecular formula is C24H24ClN5O3S. The number of epoxide rings is 1. The Labute approximate surface area is 206 Å². The summed E-state index contributed by atoms with van der Waals surface area (Å²) in [5.74, 6) is -0.353. The van der Waals surface area contributed by atoms with Gasteiger partial charge in [-0.3, -0.25) is 19.8 Å². The van der Waals surface area contributed by atoms with Crippen LogP contribution in [0.25, 0.3) is 0 Å². The Morgan fingerprint density at radius 3 is 2.85 bits per heavy atom. The molecule has 34 heavy (non-hydrogen) atoms. The molecule has 2 saturated heterocycles. The van der Waals surface area contributed by atoms with Gasteiger partial charge in [-0.1, -0.05) is 23.7 Å². The van der Waals surface area contributed by atoms with Crippen LogP contribution in [0.5, 0.6) is 0 Å². The number of hydrogen-bond acceptors (Lipinski definition) is 7. The third-order valence-electron chi connectivity index (χ3n) is 6.11. The number of carbonyl (C=O) groups is 2. The van der Waals surface area contributed by atoms with Crippen LogP contribution < -0.4 is 16.0 Å². The van der Waals surface area contributed by atoms with Gasteiger partial charge in [-0.15, -0.1) is 11.3 Å². The molecule has 3 aromatic rings. The Morgan fingerprint density at radius 1 is 1.26 bits per heavy atom. The molecule has 10 heteroatoms. The maximum absolute atomic E-state index is 13.5. The summed E-state index contributed by atoms with van der Waals surface area (Å²) in [4.78, 5) is 33.9. The van der Waals surface area contributed by atoms with E-state index in [-0.39, 0.29) is 18.0 Å². The number of ether oxygens (including phenoxy) is 1. The van der Waals surface area contributed by atoms with Crippen molar-refractivity contribution in [2.24, 2.45) is 5.92 Å². The van der Waals surface area contributed by atoms with Gasteiger partial charge in [-0.25, -0.2) is 4.98 Å². The number of rotatable bonds is 8. The number of aromatic nitrogens is 1. The highest BCUT2D eigenvalue weighted by Gasteiger charge is 2.61. The van der Waals surface area contributed by atoms with Crippen molar-refractivity contribution < 1.29 is 14.3 Å². The Hall–Kier alpha value is -2.98. The first-order chi connectivity index (χ1) is 16.4. The van der Waals surface area contributed by atoms with E-state index in [0.717, 1.165) is 16.1 Å². The van der Waals surface area contributed by atoms with Gasteiger partial charge in [0.2, 0.25) is 5.91 Å². The number of carbonyl (C=O) groups excluding carboxylic acids is 2. The minimum atomic E-state index is -0.628. The monoisotopic (exact) mass is 497 g/mol. The van der Waals surface area contributed by atoms with E-state index in [1.54, 1.807) is 29.1 Å². The quantitative estimate of drug-likeness (QED) is 0.366. The molecule has 2 aliphatic rings. The van der Waals surface area contributed by atoms with Crippen LogP contribution in [0.4, 0.5) is 10.8 Å². The Kier molecular flexibility index (Phi) is 6.26. The fourth-order valence-electron chi connectivity index (χ4n) is 4.32. The predicted molar refractivity (Wildman–Crippen MR) is 131 cm³/mol. The number of likely N-dealkylation sites (N-methyl/N-ethyl adjacent to an activating group) is 1. The number of amides is 2. The lowest BCUT2D eigenvalue weighted by Gasteiger charge is -2.46. The first kappa shape index (κ1) is 22.8. The van der Waals surface area contributed by atoms with Crippen molar-refractivity contribution in [2.75, 3.05) is 17.7 Å². The number of anilines is 2. The van der Waals surface area contributed by atoms with E-state index in [2.05, 4.69) is 10.3 Å². The molecule has 1 aromatic carbocycles. The Balaban J connectivity index is 1.31. The number of likely N-dealkylation sites (tertiary alicyclic amines) is 1. The zero-order chi connectivity index (χ0) is 23.8. The molecule has 2 aliphatic heterocycles. The average molecular weight is 498 g/mol. The highest BCUT2D eigenvalue weighted by Crippen LogP contribution is 2.40. The van der Waals surface area contributed by atoms with E-state index in [1.165, 1.54) is 11.3 Å². The largest absolute Gasteiger partial charge is 0.384 e. The molecule has 0 spiro atoms. The average Bonchev–Trinajstić information content (AvgIpc) is 3.34. The third-order valence-corrected chi connectivity index (χ3v) is 7.29. The summed E-state index contributed by atoms with van der Waals surface area (Å²) in [7, 11) is 1.74. The van der Waals surface area contributed by atoms with Crippen LogP contribution in [-0.2, 0) is 27.3 Å². The molecule has 0 saturated carbocycles. The van der Waals surface area contributed by atoms with Gasteiger partial charge in [0.1, 0.15) is 11.9 Å². The lowest BCUT2D eigenvalue weighted by molar-refractivity contribution is -0.166. The van der Waals surface area contributed by atoms with E-state index in [0.29, 0.717) is 23.8 Å². The fraction of sp³-hybridized carbons (Fsp3) is 0.292. The molecule has 0 bridgehead atoms. The number of nitrogens with zero attached hydrogens (tertiary/aromatic N) is 3. The van der Waals surface area contributed by atoms with Gasteiger partial charge in [0, 0.05) is 24.8 Å². The van der Waals surface area contributed by atoms with Crippen LogP contribution in [0.3, 0.4) is 0 Å². The molecule has 3 N–H and O–H groups in total. The fourth-order valence-corrected chi connectivity index (χ4v) is 5.24. The number of hydrogen-bond donors (Lipinski definition) is 2. The maximum Gasteiger partial charge on any atom is 0.251 e. The number of nitrogens with one attached hydrogen (secondary N) is 1. The van der Waals surface area contributed by atoms with Crippen molar-refractivity contribution in [1.82, 2.24) is 15.2 Å². The summed E-state index contributed by atoms with van der Waals surface area (Å²) in [5, 5.41) is 6.68. The normalized spacial score (nSPS) is 23.5. The lowest BCUT2D eigenvalue weighted by Crippen LogP contribution is -2.68. The second kappa shape index (κ2) is 9.34. The summed E-state index contributed by atoms with van der Waals surface area (Å²) < 4.78 is 5.77. The van der Waals surface area contributed by atoms with E-state index in [4.69, 9.17) is 22.1 Å². The number of benzene rings is 1. The third kappa shape index (κ3) is 4.52. The maximum atomic E-state index is 13.5. The van der Waals surface area contributed by atoms with Crippen LogP contribution >= 0.6 is 22.9 Å². The van der Waals surface area contributed by atoms with E-state index in [1.807, 2.05) is 47.8 Å². The van der Waals surface area contributed by atoms with Crippen LogP contribution in [0.2, 0.25) is 5.02 Å². The first-order valence-electron chi connectivity index (χ1n) is 10.9. The van der Waals surface area contributed by atoms with Gasteiger partial charge < -0.3 is 15.4 Å². The van der Waals surface area contributed by atoms with Crippen LogP contribution in [0, 0.1) is 5.92 Å². The second-order valence-electron chi connectivity index (χ2n) is 8.40. The Bertz CT molecular complexity index is 1210. The number of thiophene rings is 1. The molecule has 4 heterocycles. The molecule has 176 valence electrons. The van der Waals surface area contributed by atoms with E-state index < -0.39 is 18.2 Å². The van der Waals surface area contributed by atoms with Crippen molar-refractivity contribution >= 4 is 45.6 Å². The number of nitrogens with two attached hydrogens (primary N) is 1. The smallest absolute Gasteiger partial charge is 0.251 e. The molecule has 2 amide bonds. The molecule has 0 radical (unpaired) electrons. The molecule has 2 fully saturated rings. The van der Waals surface area contributed by atoms with Gasteiger partial charge in [0.25, 0.3) is 5.91 Å². The minimum absolute atomic E-state index is 0.106. The molecule has 2 aromatic heterocycles. The summed E-state index contributed by atoms with van der Waals surface area (Å²) in [6.45, 7) is 0.539. The molecular weight excluding hydrogens is 474 g/mol. The van der Waals surface area contributed by atoms with Crippen LogP contribution in [0.15, 0.2) is 60.1 Å². The van der Waals surface area contributed by atoms with E-state index >= 15 is 0 Å². The number of nitrogen functional groups attached to an aromatic ring is 1. The van der Waals surface area contributed by atoms with Crippen LogP contribution in [-0.4, -0.2) is 47.2 Å². The number of pyridine rings is 1. The van der Waals surface area contributed by atoms with Crippen LogP contribution in [0.1, 0.15) is 11.1 Å². The molecule has 2 unspecified atom stereocenters. The van der Waals surface area contributed by atoms with E-state index in [9.17, 15) is 9.59 Å². The minimum Gasteiger partial charge on any atom is -0.384 e. The first-order valence-corrected chi connectivity index (χ1v) is 12.1. The van der Waals surface area contributed by atoms with Crippen molar-refractivity contribution in [2.45, 2.75) is 31.5 Å². The van der Waals surface area contributed by atoms with Gasteiger partial charge >= 0.3 is 0 Å². The van der Waals surface area contributed by atoms with Crippen molar-refractivity contribution in [3.63, 3.8) is 0 Å². The lowest BCUT2D eigenvalue weighted by atomic mass is 9.81. The predicted octanol–water partition coefficient (Wildman–Crippen LogP) is 2.88. The summed E-state index contributed by atoms with van der Waals surface area (Å²) in [6, 6.07) is 14.2. The van der Waals surface area contributed by atoms with Gasteiger partial charge in [-0.05, 0) is 59.3 Å². The van der Waals surface area contributed by atoms with Gasteiger partial charge in [0.15, 0.2) is 12.5 Å². The summed E-state index contributed by atoms with van der Waals surface area (Å²) in [5.41, 5.74) is 7.69. The second-order valence-corrected chi connectivity index (χ2v) is 9.76. The molecule has 8 nitrogen and oxygen atoms in total. The highest BCUT2D eigenvalue weighted by molar-refractivity contribution is 7.14. The van der Waals surface area contributed by atoms with Crippen molar-refractivity contribution in [3.05, 3.63) is 76.3 Å². The van der Waals surface area contributed by atoms with Crippen molar-refractivity contribution in [1.29, 1.82) is 0 Å².